The summed E-state index contributed by atoms with van der Waals surface area (Å²) in [5.74, 6) is 1.22. The molecule has 0 atom stereocenters. The van der Waals surface area contributed by atoms with Crippen LogP contribution in [0.25, 0.3) is 22.7 Å². The van der Waals surface area contributed by atoms with E-state index in [4.69, 9.17) is 9.72 Å². The molecular weight excluding hydrogens is 358 g/mol. The van der Waals surface area contributed by atoms with E-state index < -0.39 is 4.92 Å². The van der Waals surface area contributed by atoms with E-state index in [-0.39, 0.29) is 5.70 Å². The molecule has 0 spiro atoms. The Balaban J connectivity index is 2.12. The Morgan fingerprint density at radius 3 is 2.68 bits per heavy atom. The van der Waals surface area contributed by atoms with Crippen molar-refractivity contribution in [3.8, 4) is 0 Å². The van der Waals surface area contributed by atoms with Crippen LogP contribution in [0.2, 0.25) is 0 Å². The molecule has 0 aliphatic carbocycles. The van der Waals surface area contributed by atoms with Gasteiger partial charge in [-0.3, -0.25) is 15.1 Å². The SMILES string of the molecule is C=C/C(=C\C=C(/C)c1nc(N2CCOCC2)c2ncc(C=C)cc2n1)[N+](=O)[O-]. The summed E-state index contributed by atoms with van der Waals surface area (Å²) in [5, 5.41) is 11.0. The van der Waals surface area contributed by atoms with Crippen molar-refractivity contribution in [2.45, 2.75) is 6.92 Å². The Hall–Kier alpha value is -3.39. The van der Waals surface area contributed by atoms with Gasteiger partial charge in [0.15, 0.2) is 11.6 Å². The van der Waals surface area contributed by atoms with Crippen LogP contribution in [0.15, 0.2) is 49.3 Å². The maximum atomic E-state index is 11.0. The minimum atomic E-state index is -0.489. The van der Waals surface area contributed by atoms with Crippen LogP contribution in [0.3, 0.4) is 0 Å². The number of nitrogens with zero attached hydrogens (tertiary/aromatic N) is 5. The quantitative estimate of drug-likeness (QED) is 0.432. The molecule has 1 aliphatic rings. The predicted octanol–water partition coefficient (Wildman–Crippen LogP) is 3.25. The van der Waals surface area contributed by atoms with Gasteiger partial charge in [-0.15, -0.1) is 0 Å². The molecule has 1 fully saturated rings. The molecule has 144 valence electrons. The summed E-state index contributed by atoms with van der Waals surface area (Å²) in [4.78, 5) is 26.4. The molecule has 1 saturated heterocycles. The van der Waals surface area contributed by atoms with Crippen molar-refractivity contribution < 1.29 is 9.66 Å². The van der Waals surface area contributed by atoms with Crippen molar-refractivity contribution >= 4 is 28.5 Å². The average molecular weight is 379 g/mol. The fraction of sp³-hybridized carbons (Fsp3) is 0.250. The van der Waals surface area contributed by atoms with Crippen LogP contribution in [0, 0.1) is 10.1 Å². The molecule has 0 amide bonds. The first-order valence-electron chi connectivity index (χ1n) is 8.82. The normalized spacial score (nSPS) is 15.5. The highest BCUT2D eigenvalue weighted by Gasteiger charge is 2.19. The molecule has 0 bridgehead atoms. The van der Waals surface area contributed by atoms with Crippen molar-refractivity contribution in [1.29, 1.82) is 0 Å². The van der Waals surface area contributed by atoms with Crippen LogP contribution in [0.4, 0.5) is 5.82 Å². The maximum Gasteiger partial charge on any atom is 0.268 e. The van der Waals surface area contributed by atoms with Crippen LogP contribution in [-0.4, -0.2) is 46.2 Å². The van der Waals surface area contributed by atoms with Crippen molar-refractivity contribution in [1.82, 2.24) is 15.0 Å². The summed E-state index contributed by atoms with van der Waals surface area (Å²) in [5.41, 5.74) is 2.86. The van der Waals surface area contributed by atoms with Crippen LogP contribution in [0.1, 0.15) is 18.3 Å². The minimum absolute atomic E-state index is 0.0934. The van der Waals surface area contributed by atoms with Crippen LogP contribution < -0.4 is 4.90 Å². The molecule has 0 unspecified atom stereocenters. The van der Waals surface area contributed by atoms with Gasteiger partial charge in [0.2, 0.25) is 0 Å². The summed E-state index contributed by atoms with van der Waals surface area (Å²) >= 11 is 0. The zero-order valence-corrected chi connectivity index (χ0v) is 15.7. The lowest BCUT2D eigenvalue weighted by Gasteiger charge is -2.28. The number of morpholine rings is 1. The van der Waals surface area contributed by atoms with Crippen molar-refractivity contribution in [2.75, 3.05) is 31.2 Å². The number of rotatable bonds is 6. The number of aromatic nitrogens is 3. The molecule has 0 N–H and O–H groups in total. The van der Waals surface area contributed by atoms with E-state index >= 15 is 0 Å². The number of ether oxygens (including phenoxy) is 1. The lowest BCUT2D eigenvalue weighted by molar-refractivity contribution is -0.418. The third-order valence-electron chi connectivity index (χ3n) is 4.36. The fourth-order valence-corrected chi connectivity index (χ4v) is 2.79. The zero-order valence-electron chi connectivity index (χ0n) is 15.7. The number of anilines is 1. The van der Waals surface area contributed by atoms with Gasteiger partial charge in [-0.1, -0.05) is 19.2 Å². The van der Waals surface area contributed by atoms with Crippen molar-refractivity contribution in [3.05, 3.63) is 70.8 Å². The van der Waals surface area contributed by atoms with Crippen molar-refractivity contribution in [2.24, 2.45) is 0 Å². The zero-order chi connectivity index (χ0) is 20.1. The topological polar surface area (TPSA) is 94.3 Å². The predicted molar refractivity (Wildman–Crippen MR) is 109 cm³/mol. The monoisotopic (exact) mass is 379 g/mol. The molecule has 0 saturated carbocycles. The molecule has 8 nitrogen and oxygen atoms in total. The van der Waals surface area contributed by atoms with E-state index in [0.717, 1.165) is 11.4 Å². The first kappa shape index (κ1) is 19.4. The molecule has 3 rings (SSSR count). The third-order valence-corrected chi connectivity index (χ3v) is 4.36. The molecule has 1 aliphatic heterocycles. The molecular formula is C20H21N5O3. The lowest BCUT2D eigenvalue weighted by atomic mass is 10.2. The molecule has 0 aromatic carbocycles. The Morgan fingerprint density at radius 1 is 1.29 bits per heavy atom. The van der Waals surface area contributed by atoms with E-state index in [2.05, 4.69) is 28.0 Å². The summed E-state index contributed by atoms with van der Waals surface area (Å²) < 4.78 is 5.44. The van der Waals surface area contributed by atoms with Crippen LogP contribution in [0.5, 0.6) is 0 Å². The first-order valence-corrected chi connectivity index (χ1v) is 8.82. The summed E-state index contributed by atoms with van der Waals surface area (Å²) in [6, 6.07) is 1.90. The van der Waals surface area contributed by atoms with Gasteiger partial charge < -0.3 is 9.64 Å². The van der Waals surface area contributed by atoms with Crippen LogP contribution in [-0.2, 0) is 4.74 Å². The number of fused-ring (bicyclic) bond motifs is 1. The standard InChI is InChI=1S/C20H21N5O3/c1-4-15-12-17-18(21-13-15)20(24-8-10-28-11-9-24)23-19(22-17)14(3)6-7-16(5-2)25(26)27/h4-7,12-13H,1-2,8-11H2,3H3/b14-6+,16-7+. The van der Waals surface area contributed by atoms with Gasteiger partial charge >= 0.3 is 0 Å². The van der Waals surface area contributed by atoms with Gasteiger partial charge in [0.1, 0.15) is 5.52 Å². The van der Waals surface area contributed by atoms with E-state index in [1.807, 2.05) is 13.0 Å². The molecule has 28 heavy (non-hydrogen) atoms. The highest BCUT2D eigenvalue weighted by molar-refractivity contribution is 5.88. The molecule has 2 aromatic rings. The Bertz CT molecular complexity index is 991. The second-order valence-corrected chi connectivity index (χ2v) is 6.21. The van der Waals surface area contributed by atoms with Gasteiger partial charge in [-0.2, -0.15) is 0 Å². The maximum absolute atomic E-state index is 11.0. The van der Waals surface area contributed by atoms with Crippen molar-refractivity contribution in [3.63, 3.8) is 0 Å². The van der Waals surface area contributed by atoms with Gasteiger partial charge in [-0.25, -0.2) is 9.97 Å². The van der Waals surface area contributed by atoms with E-state index in [9.17, 15) is 10.1 Å². The Morgan fingerprint density at radius 2 is 2.04 bits per heavy atom. The molecule has 3 heterocycles. The number of allylic oxidation sites excluding steroid dienone is 4. The molecule has 8 heteroatoms. The van der Waals surface area contributed by atoms with Gasteiger partial charge in [-0.05, 0) is 30.2 Å². The minimum Gasteiger partial charge on any atom is -0.378 e. The highest BCUT2D eigenvalue weighted by Crippen LogP contribution is 2.26. The largest absolute Gasteiger partial charge is 0.378 e. The number of pyridine rings is 1. The molecule has 0 radical (unpaired) electrons. The van der Waals surface area contributed by atoms with Crippen LogP contribution >= 0.6 is 0 Å². The Kier molecular flexibility index (Phi) is 5.90. The van der Waals surface area contributed by atoms with E-state index in [1.54, 1.807) is 18.3 Å². The number of nitro groups is 1. The fourth-order valence-electron chi connectivity index (χ4n) is 2.79. The van der Waals surface area contributed by atoms with Gasteiger partial charge in [0.25, 0.3) is 5.70 Å². The number of hydrogen-bond acceptors (Lipinski definition) is 7. The second kappa shape index (κ2) is 8.53. The third kappa shape index (κ3) is 4.12. The summed E-state index contributed by atoms with van der Waals surface area (Å²) in [6.07, 6.45) is 7.66. The van der Waals surface area contributed by atoms with Gasteiger partial charge in [0.05, 0.1) is 23.7 Å². The lowest BCUT2D eigenvalue weighted by Crippen LogP contribution is -2.37. The van der Waals surface area contributed by atoms with E-state index in [1.165, 1.54) is 12.2 Å². The highest BCUT2D eigenvalue weighted by atomic mass is 16.6. The summed E-state index contributed by atoms with van der Waals surface area (Å²) in [7, 11) is 0. The van der Waals surface area contributed by atoms with Gasteiger partial charge in [0, 0.05) is 31.4 Å². The molecule has 2 aromatic heterocycles. The average Bonchev–Trinajstić information content (AvgIpc) is 2.73. The smallest absolute Gasteiger partial charge is 0.268 e. The first-order chi connectivity index (χ1) is 13.5. The Labute approximate surface area is 162 Å². The second-order valence-electron chi connectivity index (χ2n) is 6.21. The number of hydrogen-bond donors (Lipinski definition) is 0. The summed E-state index contributed by atoms with van der Waals surface area (Å²) in [6.45, 7) is 11.7. The van der Waals surface area contributed by atoms with E-state index in [0.29, 0.717) is 48.7 Å².